The molecule has 2 aromatic heterocycles. The van der Waals surface area contributed by atoms with Crippen molar-refractivity contribution in [1.29, 1.82) is 0 Å². The fourth-order valence-electron chi connectivity index (χ4n) is 2.59. The lowest BCUT2D eigenvalue weighted by Crippen LogP contribution is -2.23. The first-order valence-corrected chi connectivity index (χ1v) is 10.0. The number of carbonyl (C=O) groups excluding carboxylic acids is 1. The van der Waals surface area contributed by atoms with Gasteiger partial charge in [0.1, 0.15) is 12.3 Å². The summed E-state index contributed by atoms with van der Waals surface area (Å²) in [6.45, 7) is 3.66. The number of hydrogen-bond donors (Lipinski definition) is 1. The van der Waals surface area contributed by atoms with E-state index in [1.54, 1.807) is 25.3 Å². The lowest BCUT2D eigenvalue weighted by Gasteiger charge is -2.08. The molecule has 0 aliphatic heterocycles. The van der Waals surface area contributed by atoms with Crippen LogP contribution >= 0.6 is 0 Å². The van der Waals surface area contributed by atoms with Gasteiger partial charge in [0.25, 0.3) is 5.56 Å². The van der Waals surface area contributed by atoms with Gasteiger partial charge in [-0.3, -0.25) is 9.20 Å². The summed E-state index contributed by atoms with van der Waals surface area (Å²) in [5.41, 5.74) is 1.68. The molecular formula is C19H19N3O5S. The third-order valence-electron chi connectivity index (χ3n) is 3.96. The number of aryl methyl sites for hydroxylation is 1. The van der Waals surface area contributed by atoms with E-state index in [9.17, 15) is 18.0 Å². The molecule has 8 nitrogen and oxygen atoms in total. The minimum absolute atomic E-state index is 0.0606. The van der Waals surface area contributed by atoms with Gasteiger partial charge in [0.05, 0.1) is 16.2 Å². The second kappa shape index (κ2) is 7.91. The zero-order valence-corrected chi connectivity index (χ0v) is 16.2. The van der Waals surface area contributed by atoms with Crippen LogP contribution in [0.2, 0.25) is 0 Å². The Morgan fingerprint density at radius 3 is 2.57 bits per heavy atom. The van der Waals surface area contributed by atoms with Crippen LogP contribution < -0.4 is 10.3 Å². The van der Waals surface area contributed by atoms with Gasteiger partial charge in [-0.2, -0.15) is 0 Å². The Morgan fingerprint density at radius 2 is 1.89 bits per heavy atom. The Labute approximate surface area is 161 Å². The number of pyridine rings is 1. The van der Waals surface area contributed by atoms with Gasteiger partial charge in [-0.1, -0.05) is 6.92 Å². The van der Waals surface area contributed by atoms with Crippen molar-refractivity contribution in [2.45, 2.75) is 25.3 Å². The van der Waals surface area contributed by atoms with Crippen LogP contribution in [0.15, 0.2) is 58.4 Å². The quantitative estimate of drug-likeness (QED) is 0.630. The molecule has 3 rings (SSSR count). The molecule has 1 aromatic carbocycles. The summed E-state index contributed by atoms with van der Waals surface area (Å²) in [5.74, 6) is -0.640. The predicted molar refractivity (Wildman–Crippen MR) is 103 cm³/mol. The number of carbonyl (C=O) groups is 1. The first-order valence-electron chi connectivity index (χ1n) is 8.56. The van der Waals surface area contributed by atoms with Gasteiger partial charge in [0.15, 0.2) is 0 Å². The van der Waals surface area contributed by atoms with E-state index < -0.39 is 16.0 Å². The molecule has 0 fully saturated rings. The van der Waals surface area contributed by atoms with Gasteiger partial charge in [0.2, 0.25) is 10.0 Å². The fraction of sp³-hybridized carbons (Fsp3) is 0.211. The molecule has 0 saturated carbocycles. The maximum Gasteiger partial charge on any atom is 0.338 e. The van der Waals surface area contributed by atoms with Crippen LogP contribution in [0.3, 0.4) is 0 Å². The third kappa shape index (κ3) is 4.26. The van der Waals surface area contributed by atoms with E-state index in [1.165, 1.54) is 34.7 Å². The second-order valence-corrected chi connectivity index (χ2v) is 7.89. The molecule has 0 aliphatic carbocycles. The molecule has 0 aliphatic rings. The molecule has 0 spiro atoms. The number of aromatic nitrogens is 2. The molecule has 9 heteroatoms. The van der Waals surface area contributed by atoms with Crippen molar-refractivity contribution in [1.82, 2.24) is 14.1 Å². The largest absolute Gasteiger partial charge is 0.456 e. The van der Waals surface area contributed by atoms with Crippen LogP contribution in [0.1, 0.15) is 28.5 Å². The predicted octanol–water partition coefficient (Wildman–Crippen LogP) is 1.66. The van der Waals surface area contributed by atoms with Gasteiger partial charge in [0, 0.05) is 18.8 Å². The van der Waals surface area contributed by atoms with E-state index in [-0.39, 0.29) is 29.2 Å². The normalized spacial score (nSPS) is 11.5. The van der Waals surface area contributed by atoms with Gasteiger partial charge >= 0.3 is 5.97 Å². The molecule has 28 heavy (non-hydrogen) atoms. The first-order chi connectivity index (χ1) is 13.3. The number of sulfonamides is 1. The smallest absolute Gasteiger partial charge is 0.338 e. The number of nitrogens with one attached hydrogen (secondary N) is 1. The van der Waals surface area contributed by atoms with E-state index in [2.05, 4.69) is 9.71 Å². The maximum absolute atomic E-state index is 12.2. The maximum atomic E-state index is 12.2. The molecule has 146 valence electrons. The summed E-state index contributed by atoms with van der Waals surface area (Å²) in [4.78, 5) is 28.7. The van der Waals surface area contributed by atoms with Crippen LogP contribution in [0.25, 0.3) is 5.65 Å². The highest BCUT2D eigenvalue weighted by Crippen LogP contribution is 2.12. The van der Waals surface area contributed by atoms with Gasteiger partial charge in [-0.05, 0) is 48.9 Å². The summed E-state index contributed by atoms with van der Waals surface area (Å²) in [6.07, 6.45) is 1.64. The summed E-state index contributed by atoms with van der Waals surface area (Å²) < 4.78 is 32.8. The van der Waals surface area contributed by atoms with E-state index in [4.69, 9.17) is 4.74 Å². The Kier molecular flexibility index (Phi) is 5.57. The fourth-order valence-corrected chi connectivity index (χ4v) is 3.64. The SMILES string of the molecule is CCNS(=O)(=O)c1ccc(C(=O)OCc2cc(=O)n3ccc(C)cc3n2)cc1. The Hall–Kier alpha value is -3.04. The number of fused-ring (bicyclic) bond motifs is 1. The lowest BCUT2D eigenvalue weighted by atomic mass is 10.2. The summed E-state index contributed by atoms with van der Waals surface area (Å²) in [5, 5.41) is 0. The minimum atomic E-state index is -3.59. The number of nitrogens with zero attached hydrogens (tertiary/aromatic N) is 2. The molecule has 0 unspecified atom stereocenters. The molecule has 0 saturated heterocycles. The standard InChI is InChI=1S/C19H19N3O5S/c1-3-20-28(25,26)16-6-4-14(5-7-16)19(24)27-12-15-11-18(23)22-9-8-13(2)10-17(22)21-15/h4-11,20H,3,12H2,1-2H3. The Balaban J connectivity index is 1.74. The zero-order valence-electron chi connectivity index (χ0n) is 15.4. The topological polar surface area (TPSA) is 107 Å². The van der Waals surface area contributed by atoms with E-state index >= 15 is 0 Å². The molecule has 0 bridgehead atoms. The third-order valence-corrected chi connectivity index (χ3v) is 5.52. The lowest BCUT2D eigenvalue weighted by molar-refractivity contribution is 0.0467. The van der Waals surface area contributed by atoms with Crippen LogP contribution in [0.5, 0.6) is 0 Å². The van der Waals surface area contributed by atoms with E-state index in [1.807, 2.05) is 6.92 Å². The van der Waals surface area contributed by atoms with Crippen molar-refractivity contribution in [2.75, 3.05) is 6.54 Å². The molecular weight excluding hydrogens is 382 g/mol. The number of ether oxygens (including phenoxy) is 1. The van der Waals surface area contributed by atoms with Crippen molar-refractivity contribution in [2.24, 2.45) is 0 Å². The summed E-state index contributed by atoms with van der Waals surface area (Å²) in [7, 11) is -3.59. The number of esters is 1. The molecule has 0 amide bonds. The highest BCUT2D eigenvalue weighted by molar-refractivity contribution is 7.89. The second-order valence-electron chi connectivity index (χ2n) is 6.12. The first kappa shape index (κ1) is 19.7. The van der Waals surface area contributed by atoms with Crippen molar-refractivity contribution >= 4 is 21.6 Å². The monoisotopic (exact) mass is 401 g/mol. The van der Waals surface area contributed by atoms with Gasteiger partial charge in [-0.15, -0.1) is 0 Å². The molecule has 0 radical (unpaired) electrons. The highest BCUT2D eigenvalue weighted by Gasteiger charge is 2.14. The number of hydrogen-bond acceptors (Lipinski definition) is 6. The van der Waals surface area contributed by atoms with Crippen molar-refractivity contribution in [3.05, 3.63) is 75.8 Å². The van der Waals surface area contributed by atoms with Crippen molar-refractivity contribution in [3.8, 4) is 0 Å². The van der Waals surface area contributed by atoms with E-state index in [0.29, 0.717) is 11.3 Å². The van der Waals surface area contributed by atoms with Crippen LogP contribution in [-0.4, -0.2) is 30.3 Å². The van der Waals surface area contributed by atoms with Crippen molar-refractivity contribution in [3.63, 3.8) is 0 Å². The number of rotatable bonds is 6. The van der Waals surface area contributed by atoms with Crippen molar-refractivity contribution < 1.29 is 17.9 Å². The van der Waals surface area contributed by atoms with Gasteiger partial charge in [-0.25, -0.2) is 22.9 Å². The average molecular weight is 401 g/mol. The zero-order chi connectivity index (χ0) is 20.3. The Morgan fingerprint density at radius 1 is 1.18 bits per heavy atom. The average Bonchev–Trinajstić information content (AvgIpc) is 2.66. The van der Waals surface area contributed by atoms with Crippen LogP contribution in [0.4, 0.5) is 0 Å². The summed E-state index contributed by atoms with van der Waals surface area (Å²) >= 11 is 0. The molecule has 0 atom stereocenters. The summed E-state index contributed by atoms with van der Waals surface area (Å²) in [6, 6.07) is 10.3. The highest BCUT2D eigenvalue weighted by atomic mass is 32.2. The molecule has 3 aromatic rings. The van der Waals surface area contributed by atoms with Crippen LogP contribution in [-0.2, 0) is 21.4 Å². The Bertz CT molecular complexity index is 1180. The molecule has 2 heterocycles. The van der Waals surface area contributed by atoms with Crippen LogP contribution in [0, 0.1) is 6.92 Å². The van der Waals surface area contributed by atoms with Gasteiger partial charge < -0.3 is 4.74 Å². The number of benzene rings is 1. The molecule has 1 N–H and O–H groups in total. The van der Waals surface area contributed by atoms with E-state index in [0.717, 1.165) is 5.56 Å². The minimum Gasteiger partial charge on any atom is -0.456 e.